The standard InChI is InChI=1S/C13H16N4O2/c1-8-5-17(6-9(8)13(18)19)12-11-10(3-4-14-12)16(2)7-15-11/h3-4,7-9H,5-6H2,1-2H3,(H,18,19). The molecule has 1 saturated heterocycles. The molecule has 0 bridgehead atoms. The first-order valence-corrected chi connectivity index (χ1v) is 6.31. The number of carbonyl (C=O) groups is 1. The normalized spacial score (nSPS) is 23.2. The van der Waals surface area contributed by atoms with E-state index in [0.717, 1.165) is 16.9 Å². The molecular formula is C13H16N4O2. The first-order valence-electron chi connectivity index (χ1n) is 6.31. The number of aromatic nitrogens is 3. The summed E-state index contributed by atoms with van der Waals surface area (Å²) in [5.41, 5.74) is 1.85. The number of pyridine rings is 1. The maximum Gasteiger partial charge on any atom is 0.308 e. The molecule has 100 valence electrons. The Hall–Kier alpha value is -2.11. The molecule has 0 saturated carbocycles. The summed E-state index contributed by atoms with van der Waals surface area (Å²) >= 11 is 0. The van der Waals surface area contributed by atoms with E-state index < -0.39 is 5.97 Å². The van der Waals surface area contributed by atoms with Crippen LogP contribution in [-0.2, 0) is 11.8 Å². The van der Waals surface area contributed by atoms with Crippen molar-refractivity contribution in [2.75, 3.05) is 18.0 Å². The molecule has 2 aromatic rings. The molecule has 2 atom stereocenters. The lowest BCUT2D eigenvalue weighted by Crippen LogP contribution is -2.23. The van der Waals surface area contributed by atoms with Gasteiger partial charge in [-0.2, -0.15) is 0 Å². The predicted molar refractivity (Wildman–Crippen MR) is 71.0 cm³/mol. The number of anilines is 1. The highest BCUT2D eigenvalue weighted by molar-refractivity contribution is 5.87. The van der Waals surface area contributed by atoms with Crippen LogP contribution in [0.25, 0.3) is 11.0 Å². The van der Waals surface area contributed by atoms with E-state index in [1.54, 1.807) is 12.5 Å². The van der Waals surface area contributed by atoms with E-state index in [9.17, 15) is 9.90 Å². The fourth-order valence-corrected chi connectivity index (χ4v) is 2.74. The zero-order valence-corrected chi connectivity index (χ0v) is 10.9. The van der Waals surface area contributed by atoms with Crippen molar-refractivity contribution in [1.82, 2.24) is 14.5 Å². The summed E-state index contributed by atoms with van der Waals surface area (Å²) in [6.45, 7) is 3.18. The lowest BCUT2D eigenvalue weighted by molar-refractivity contribution is -0.142. The molecule has 0 aromatic carbocycles. The van der Waals surface area contributed by atoms with Crippen LogP contribution in [0.4, 0.5) is 5.82 Å². The van der Waals surface area contributed by atoms with Gasteiger partial charge >= 0.3 is 5.97 Å². The maximum absolute atomic E-state index is 11.2. The minimum absolute atomic E-state index is 0.123. The second kappa shape index (κ2) is 4.22. The highest BCUT2D eigenvalue weighted by atomic mass is 16.4. The number of carboxylic acids is 1. The van der Waals surface area contributed by atoms with E-state index in [0.29, 0.717) is 13.1 Å². The van der Waals surface area contributed by atoms with E-state index in [4.69, 9.17) is 0 Å². The van der Waals surface area contributed by atoms with Gasteiger partial charge in [0.1, 0.15) is 5.52 Å². The van der Waals surface area contributed by atoms with Gasteiger partial charge in [0.2, 0.25) is 0 Å². The molecule has 0 aliphatic carbocycles. The first-order chi connectivity index (χ1) is 9.08. The predicted octanol–water partition coefficient (Wildman–Crippen LogP) is 1.13. The molecule has 6 heteroatoms. The molecule has 1 aliphatic rings. The van der Waals surface area contributed by atoms with Crippen LogP contribution in [0.3, 0.4) is 0 Å². The third-order valence-corrected chi connectivity index (χ3v) is 3.85. The van der Waals surface area contributed by atoms with Crippen LogP contribution in [0.1, 0.15) is 6.92 Å². The fraction of sp³-hybridized carbons (Fsp3) is 0.462. The highest BCUT2D eigenvalue weighted by Crippen LogP contribution is 2.30. The molecule has 0 spiro atoms. The summed E-state index contributed by atoms with van der Waals surface area (Å²) in [6, 6.07) is 1.92. The van der Waals surface area contributed by atoms with Gasteiger partial charge in [0.15, 0.2) is 5.82 Å². The number of fused-ring (bicyclic) bond motifs is 1. The number of hydrogen-bond acceptors (Lipinski definition) is 4. The van der Waals surface area contributed by atoms with Crippen molar-refractivity contribution in [2.24, 2.45) is 18.9 Å². The molecule has 0 radical (unpaired) electrons. The topological polar surface area (TPSA) is 71.2 Å². The average molecular weight is 260 g/mol. The quantitative estimate of drug-likeness (QED) is 0.876. The molecule has 1 fully saturated rings. The molecule has 1 N–H and O–H groups in total. The Labute approximate surface area is 110 Å². The van der Waals surface area contributed by atoms with E-state index in [1.165, 1.54) is 0 Å². The summed E-state index contributed by atoms with van der Waals surface area (Å²) < 4.78 is 1.94. The third kappa shape index (κ3) is 1.83. The second-order valence-electron chi connectivity index (χ2n) is 5.18. The Balaban J connectivity index is 2.00. The number of carboxylic acid groups (broad SMARTS) is 1. The van der Waals surface area contributed by atoms with E-state index in [1.807, 2.05) is 29.5 Å². The Bertz CT molecular complexity index is 637. The van der Waals surface area contributed by atoms with E-state index >= 15 is 0 Å². The van der Waals surface area contributed by atoms with Crippen molar-refractivity contribution in [3.8, 4) is 0 Å². The van der Waals surface area contributed by atoms with Crippen molar-refractivity contribution < 1.29 is 9.90 Å². The van der Waals surface area contributed by atoms with Gasteiger partial charge < -0.3 is 14.6 Å². The van der Waals surface area contributed by atoms with Gasteiger partial charge in [-0.1, -0.05) is 6.92 Å². The summed E-state index contributed by atoms with van der Waals surface area (Å²) in [7, 11) is 1.94. The highest BCUT2D eigenvalue weighted by Gasteiger charge is 2.36. The molecule has 3 rings (SSSR count). The van der Waals surface area contributed by atoms with Crippen LogP contribution in [0.2, 0.25) is 0 Å². The SMILES string of the molecule is CC1CN(c2nccc3c2ncn3C)CC1C(=O)O. The molecule has 2 unspecified atom stereocenters. The first kappa shape index (κ1) is 12.0. The number of nitrogens with zero attached hydrogens (tertiary/aromatic N) is 4. The minimum Gasteiger partial charge on any atom is -0.481 e. The molecule has 1 aliphatic heterocycles. The van der Waals surface area contributed by atoms with Crippen molar-refractivity contribution in [3.05, 3.63) is 18.6 Å². The van der Waals surface area contributed by atoms with E-state index in [2.05, 4.69) is 9.97 Å². The number of imidazole rings is 1. The van der Waals surface area contributed by atoms with E-state index in [-0.39, 0.29) is 11.8 Å². The fourth-order valence-electron chi connectivity index (χ4n) is 2.74. The minimum atomic E-state index is -0.733. The Morgan fingerprint density at radius 1 is 1.42 bits per heavy atom. The van der Waals surface area contributed by atoms with Gasteiger partial charge in [-0.15, -0.1) is 0 Å². The summed E-state index contributed by atoms with van der Waals surface area (Å²) in [5, 5.41) is 9.20. The maximum atomic E-state index is 11.2. The third-order valence-electron chi connectivity index (χ3n) is 3.85. The zero-order chi connectivity index (χ0) is 13.6. The Kier molecular flexibility index (Phi) is 2.66. The van der Waals surface area contributed by atoms with Gasteiger partial charge in [0.05, 0.1) is 17.8 Å². The van der Waals surface area contributed by atoms with Crippen LogP contribution < -0.4 is 4.90 Å². The number of hydrogen-bond donors (Lipinski definition) is 1. The van der Waals surface area contributed by atoms with Crippen molar-refractivity contribution in [1.29, 1.82) is 0 Å². The van der Waals surface area contributed by atoms with Gasteiger partial charge in [-0.3, -0.25) is 4.79 Å². The van der Waals surface area contributed by atoms with Crippen molar-refractivity contribution in [2.45, 2.75) is 6.92 Å². The van der Waals surface area contributed by atoms with Crippen LogP contribution >= 0.6 is 0 Å². The lowest BCUT2D eigenvalue weighted by Gasteiger charge is -2.17. The van der Waals surface area contributed by atoms with Crippen LogP contribution in [0.5, 0.6) is 0 Å². The molecule has 6 nitrogen and oxygen atoms in total. The number of rotatable bonds is 2. The van der Waals surface area contributed by atoms with Crippen LogP contribution in [-0.4, -0.2) is 38.7 Å². The number of aliphatic carboxylic acids is 1. The smallest absolute Gasteiger partial charge is 0.308 e. The molecule has 3 heterocycles. The summed E-state index contributed by atoms with van der Waals surface area (Å²) in [6.07, 6.45) is 3.50. The van der Waals surface area contributed by atoms with Gasteiger partial charge in [-0.05, 0) is 12.0 Å². The number of aryl methyl sites for hydroxylation is 1. The van der Waals surface area contributed by atoms with Gasteiger partial charge in [-0.25, -0.2) is 9.97 Å². The van der Waals surface area contributed by atoms with Crippen molar-refractivity contribution in [3.63, 3.8) is 0 Å². The molecule has 2 aromatic heterocycles. The summed E-state index contributed by atoms with van der Waals surface area (Å²) in [5.74, 6) is -0.157. The van der Waals surface area contributed by atoms with Crippen LogP contribution in [0.15, 0.2) is 18.6 Å². The van der Waals surface area contributed by atoms with Gasteiger partial charge in [0.25, 0.3) is 0 Å². The molecule has 0 amide bonds. The summed E-state index contributed by atoms with van der Waals surface area (Å²) in [4.78, 5) is 22.0. The Morgan fingerprint density at radius 3 is 2.89 bits per heavy atom. The largest absolute Gasteiger partial charge is 0.481 e. The van der Waals surface area contributed by atoms with Gasteiger partial charge in [0, 0.05) is 26.3 Å². The monoisotopic (exact) mass is 260 g/mol. The zero-order valence-electron chi connectivity index (χ0n) is 10.9. The second-order valence-corrected chi connectivity index (χ2v) is 5.18. The molecular weight excluding hydrogens is 244 g/mol. The average Bonchev–Trinajstić information content (AvgIpc) is 2.94. The lowest BCUT2D eigenvalue weighted by atomic mass is 9.99. The van der Waals surface area contributed by atoms with Crippen molar-refractivity contribution >= 4 is 22.8 Å². The van der Waals surface area contributed by atoms with Crippen LogP contribution in [0, 0.1) is 11.8 Å². The molecule has 19 heavy (non-hydrogen) atoms. The Morgan fingerprint density at radius 2 is 2.21 bits per heavy atom.